The Morgan fingerprint density at radius 3 is 2.19 bits per heavy atom. The average molecular weight is 442 g/mol. The summed E-state index contributed by atoms with van der Waals surface area (Å²) in [6.45, 7) is 17.5. The molecule has 0 unspecified atom stereocenters. The van der Waals surface area contributed by atoms with Gasteiger partial charge in [-0.3, -0.25) is 0 Å². The number of aromatic nitrogens is 4. The fourth-order valence-electron chi connectivity index (χ4n) is 2.82. The lowest BCUT2D eigenvalue weighted by Crippen LogP contribution is -2.08. The second-order valence-electron chi connectivity index (χ2n) is 6.85. The number of nitrogens with zero attached hydrogens (tertiary/aromatic N) is 4. The molecular weight excluding hydrogens is 401 g/mol. The Balaban J connectivity index is 0.000000738. The van der Waals surface area contributed by atoms with E-state index in [0.29, 0.717) is 6.33 Å². The van der Waals surface area contributed by atoms with E-state index in [4.69, 9.17) is 10.4 Å². The van der Waals surface area contributed by atoms with Gasteiger partial charge in [-0.1, -0.05) is 51.1 Å². The van der Waals surface area contributed by atoms with E-state index in [2.05, 4.69) is 59.2 Å². The summed E-state index contributed by atoms with van der Waals surface area (Å²) in [4.78, 5) is 8.89. The molecule has 2 aromatic heterocycles. The van der Waals surface area contributed by atoms with Gasteiger partial charge in [0.1, 0.15) is 5.82 Å². The smallest absolute Gasteiger partial charge is 0.129 e. The Morgan fingerprint density at radius 1 is 1.16 bits per heavy atom. The highest BCUT2D eigenvalue weighted by Gasteiger charge is 2.16. The minimum Gasteiger partial charge on any atom is -0.330 e. The van der Waals surface area contributed by atoms with E-state index in [0.717, 1.165) is 36.7 Å². The third kappa shape index (κ3) is 9.41. The van der Waals surface area contributed by atoms with Crippen LogP contribution in [-0.2, 0) is 13.1 Å². The van der Waals surface area contributed by atoms with Crippen molar-refractivity contribution in [3.8, 4) is 11.3 Å². The number of imidazole rings is 2. The summed E-state index contributed by atoms with van der Waals surface area (Å²) in [6, 6.07) is 8.49. The van der Waals surface area contributed by atoms with Crippen LogP contribution >= 0.6 is 0 Å². The second kappa shape index (κ2) is 16.6. The summed E-state index contributed by atoms with van der Waals surface area (Å²) in [5.41, 5.74) is 5.61. The monoisotopic (exact) mass is 441 g/mol. The van der Waals surface area contributed by atoms with Crippen LogP contribution in [0.3, 0.4) is 0 Å². The molecule has 0 atom stereocenters. The molecule has 0 amide bonds. The van der Waals surface area contributed by atoms with Crippen LogP contribution in [0.5, 0.6) is 0 Å². The van der Waals surface area contributed by atoms with Gasteiger partial charge in [-0.25, -0.2) is 14.4 Å². The highest BCUT2D eigenvalue weighted by Crippen LogP contribution is 2.28. The molecule has 3 aromatic rings. The minimum atomic E-state index is 0.500. The molecule has 1 N–H and O–H groups in total. The van der Waals surface area contributed by atoms with Gasteiger partial charge in [0.15, 0.2) is 0 Å². The summed E-state index contributed by atoms with van der Waals surface area (Å²) >= 11 is 0. The fraction of sp³-hybridized carbons (Fsp3) is 0.423. The van der Waals surface area contributed by atoms with Gasteiger partial charge in [0, 0.05) is 30.2 Å². The number of allylic oxidation sites excluding steroid dienone is 1. The number of hydrogen-bond acceptors (Lipinski definition) is 3. The van der Waals surface area contributed by atoms with E-state index in [1.165, 1.54) is 22.9 Å². The first-order chi connectivity index (χ1) is 15.4. The number of aryl methyl sites for hydroxylation is 2. The lowest BCUT2D eigenvalue weighted by atomic mass is 10.0. The summed E-state index contributed by atoms with van der Waals surface area (Å²) in [5.74, 6) is 1.08. The number of benzene rings is 1. The second-order valence-corrected chi connectivity index (χ2v) is 6.85. The topological polar surface area (TPSA) is 59.5 Å². The molecule has 0 aliphatic rings. The molecule has 176 valence electrons. The minimum absolute atomic E-state index is 0.500. The predicted octanol–water partition coefficient (Wildman–Crippen LogP) is 7.38. The Labute approximate surface area is 193 Å². The fourth-order valence-corrected chi connectivity index (χ4v) is 2.82. The number of nitrogens with one attached hydrogen (secondary N) is 1. The molecule has 0 aliphatic heterocycles. The Kier molecular flexibility index (Phi) is 15.1. The average Bonchev–Trinajstić information content (AvgIpc) is 3.43. The van der Waals surface area contributed by atoms with Crippen LogP contribution in [0.1, 0.15) is 65.0 Å². The lowest BCUT2D eigenvalue weighted by Gasteiger charge is -2.12. The van der Waals surface area contributed by atoms with Crippen molar-refractivity contribution in [1.82, 2.24) is 19.1 Å². The van der Waals surface area contributed by atoms with Gasteiger partial charge in [0.25, 0.3) is 0 Å². The van der Waals surface area contributed by atoms with E-state index < -0.39 is 0 Å². The van der Waals surface area contributed by atoms with Crippen molar-refractivity contribution in [1.29, 1.82) is 5.41 Å². The molecular formula is C26H40FN5. The Bertz CT molecular complexity index is 920. The summed E-state index contributed by atoms with van der Waals surface area (Å²) in [5, 5.41) is 6.74. The standard InChI is InChI=1S/C17H20N4.C4H9N.C3H5F.C2H6/c1-4-21-16(11-20-10-9-18-12-20)19-14(3)17(21)15-8-6-5-7-13(15)2;1-3-4(2)5;1-2-3-4;1-2/h5-10,12H,4,11H2,1-3H3;5H,3H2,1-2H3;2-3H,1H3;1-2H3/b;;3-2+;. The van der Waals surface area contributed by atoms with Crippen LogP contribution in [-0.4, -0.2) is 24.8 Å². The van der Waals surface area contributed by atoms with E-state index in [9.17, 15) is 4.39 Å². The van der Waals surface area contributed by atoms with Crippen LogP contribution in [0.15, 0.2) is 55.4 Å². The quantitative estimate of drug-likeness (QED) is 0.420. The first-order valence-corrected chi connectivity index (χ1v) is 11.2. The van der Waals surface area contributed by atoms with Crippen LogP contribution in [0.4, 0.5) is 4.39 Å². The molecule has 0 bridgehead atoms. The lowest BCUT2D eigenvalue weighted by molar-refractivity contribution is 0.655. The van der Waals surface area contributed by atoms with E-state index in [1.807, 2.05) is 33.3 Å². The first kappa shape index (κ1) is 29.0. The van der Waals surface area contributed by atoms with Gasteiger partial charge in [-0.05, 0) is 46.6 Å². The molecule has 0 fully saturated rings. The van der Waals surface area contributed by atoms with Crippen molar-refractivity contribution in [3.05, 3.63) is 72.5 Å². The predicted molar refractivity (Wildman–Crippen MR) is 135 cm³/mol. The van der Waals surface area contributed by atoms with Crippen molar-refractivity contribution in [3.63, 3.8) is 0 Å². The molecule has 1 aromatic carbocycles. The number of rotatable bonds is 5. The third-order valence-electron chi connectivity index (χ3n) is 4.48. The van der Waals surface area contributed by atoms with Crippen molar-refractivity contribution in [2.75, 3.05) is 0 Å². The van der Waals surface area contributed by atoms with Crippen LogP contribution in [0, 0.1) is 19.3 Å². The van der Waals surface area contributed by atoms with Crippen molar-refractivity contribution in [2.45, 2.75) is 74.9 Å². The van der Waals surface area contributed by atoms with Gasteiger partial charge >= 0.3 is 0 Å². The molecule has 0 radical (unpaired) electrons. The SMILES string of the molecule is C/C=C/F.CC.CCC(C)=N.CCn1c(Cn2ccnc2)nc(C)c1-c1ccccc1C. The summed E-state index contributed by atoms with van der Waals surface area (Å²) in [6.07, 6.45) is 8.32. The van der Waals surface area contributed by atoms with Gasteiger partial charge in [-0.15, -0.1) is 0 Å². The van der Waals surface area contributed by atoms with Gasteiger partial charge in [-0.2, -0.15) is 0 Å². The number of halogens is 1. The van der Waals surface area contributed by atoms with Crippen molar-refractivity contribution >= 4 is 5.71 Å². The van der Waals surface area contributed by atoms with Crippen LogP contribution in [0.2, 0.25) is 0 Å². The summed E-state index contributed by atoms with van der Waals surface area (Å²) in [7, 11) is 0. The highest BCUT2D eigenvalue weighted by atomic mass is 19.1. The molecule has 0 saturated heterocycles. The van der Waals surface area contributed by atoms with Crippen molar-refractivity contribution < 1.29 is 4.39 Å². The van der Waals surface area contributed by atoms with E-state index in [1.54, 1.807) is 20.0 Å². The normalized spacial score (nSPS) is 9.78. The maximum atomic E-state index is 10.5. The zero-order chi connectivity index (χ0) is 24.5. The molecule has 2 heterocycles. The molecule has 0 aliphatic carbocycles. The maximum Gasteiger partial charge on any atom is 0.129 e. The molecule has 6 heteroatoms. The van der Waals surface area contributed by atoms with Gasteiger partial charge in [0.2, 0.25) is 0 Å². The van der Waals surface area contributed by atoms with Crippen LogP contribution < -0.4 is 0 Å². The molecule has 32 heavy (non-hydrogen) atoms. The molecule has 3 rings (SSSR count). The molecule has 5 nitrogen and oxygen atoms in total. The Hall–Kier alpha value is -3.02. The zero-order valence-corrected chi connectivity index (χ0v) is 21.0. The Morgan fingerprint density at radius 2 is 1.75 bits per heavy atom. The first-order valence-electron chi connectivity index (χ1n) is 11.2. The summed E-state index contributed by atoms with van der Waals surface area (Å²) < 4.78 is 14.9. The largest absolute Gasteiger partial charge is 0.330 e. The molecule has 0 saturated carbocycles. The molecule has 0 spiro atoms. The van der Waals surface area contributed by atoms with E-state index >= 15 is 0 Å². The highest BCUT2D eigenvalue weighted by molar-refractivity contribution is 5.78. The third-order valence-corrected chi connectivity index (χ3v) is 4.48. The maximum absolute atomic E-state index is 10.5. The van der Waals surface area contributed by atoms with Crippen molar-refractivity contribution in [2.24, 2.45) is 0 Å². The van der Waals surface area contributed by atoms with Gasteiger partial charge < -0.3 is 14.5 Å². The zero-order valence-electron chi connectivity index (χ0n) is 21.0. The van der Waals surface area contributed by atoms with E-state index in [-0.39, 0.29) is 0 Å². The number of hydrogen-bond donors (Lipinski definition) is 1. The van der Waals surface area contributed by atoms with Gasteiger partial charge in [0.05, 0.1) is 30.6 Å². The van der Waals surface area contributed by atoms with Crippen LogP contribution in [0.25, 0.3) is 11.3 Å².